The second-order valence-electron chi connectivity index (χ2n) is 3.94. The molecule has 78 valence electrons. The molecule has 0 spiro atoms. The Morgan fingerprint density at radius 2 is 2.50 bits per heavy atom. The molecule has 0 N–H and O–H groups in total. The molecule has 0 saturated carbocycles. The van der Waals surface area contributed by atoms with Crippen LogP contribution >= 0.6 is 0 Å². The van der Waals surface area contributed by atoms with Crippen molar-refractivity contribution < 1.29 is 32.6 Å². The van der Waals surface area contributed by atoms with Crippen LogP contribution in [0.4, 0.5) is 0 Å². The lowest BCUT2D eigenvalue weighted by Gasteiger charge is -2.31. The first-order chi connectivity index (χ1) is 7.45. The summed E-state index contributed by atoms with van der Waals surface area (Å²) in [5.41, 5.74) is 1.04. The van der Waals surface area contributed by atoms with Gasteiger partial charge in [0.05, 0.1) is 24.7 Å². The van der Waals surface area contributed by atoms with E-state index < -0.39 is 6.98 Å². The third kappa shape index (κ3) is 2.25. The molecule has 1 fully saturated rings. The summed E-state index contributed by atoms with van der Waals surface area (Å²) < 4.78 is 23.2. The zero-order valence-corrected chi connectivity index (χ0v) is 10.4. The van der Waals surface area contributed by atoms with Crippen molar-refractivity contribution >= 4 is 0 Å². The zero-order valence-electron chi connectivity index (χ0n) is 11.3. The van der Waals surface area contributed by atoms with Crippen molar-refractivity contribution in [2.45, 2.75) is 18.9 Å². The molecule has 3 heteroatoms. The van der Waals surface area contributed by atoms with Gasteiger partial charge in [-0.25, -0.2) is 0 Å². The fourth-order valence-electron chi connectivity index (χ4n) is 2.12. The van der Waals surface area contributed by atoms with Gasteiger partial charge in [-0.2, -0.15) is 0 Å². The second-order valence-corrected chi connectivity index (χ2v) is 3.94. The van der Waals surface area contributed by atoms with Gasteiger partial charge in [0.2, 0.25) is 0 Å². The quantitative estimate of drug-likeness (QED) is 0.479. The van der Waals surface area contributed by atoms with E-state index in [0.29, 0.717) is 0 Å². The Morgan fingerprint density at radius 3 is 3.14 bits per heavy atom. The van der Waals surface area contributed by atoms with E-state index in [9.17, 15) is 0 Å². The summed E-state index contributed by atoms with van der Waals surface area (Å²) in [7, 11) is 1.83. The summed E-state index contributed by atoms with van der Waals surface area (Å²) >= 11 is 0. The molecule has 2 heterocycles. The molecule has 0 aliphatic carbocycles. The standard InChI is InChI=1S/C11H17N2.HI/c1-13(2)8-4-6-11(13)10-5-3-7-12-9-10;/h3,5,7,9,11H,4,6,8H2,1-2H3;1H/q+1;/p-1/t11-;/m0./s1/i1D3;/t11-,13?;. The minimum Gasteiger partial charge on any atom is -1.00 e. The first kappa shape index (κ1) is 8.05. The van der Waals surface area contributed by atoms with E-state index in [-0.39, 0.29) is 34.5 Å². The van der Waals surface area contributed by atoms with Gasteiger partial charge in [-0.1, -0.05) is 6.07 Å². The number of hydrogen-bond donors (Lipinski definition) is 0. The number of rotatable bonds is 1. The number of pyridine rings is 1. The van der Waals surface area contributed by atoms with Gasteiger partial charge in [0.15, 0.2) is 0 Å². The van der Waals surface area contributed by atoms with Gasteiger partial charge in [0.25, 0.3) is 0 Å². The van der Waals surface area contributed by atoms with Crippen LogP contribution in [-0.2, 0) is 0 Å². The van der Waals surface area contributed by atoms with Gasteiger partial charge >= 0.3 is 0 Å². The van der Waals surface area contributed by atoms with Gasteiger partial charge in [-0.3, -0.25) is 4.98 Å². The van der Waals surface area contributed by atoms with E-state index in [1.54, 1.807) is 12.4 Å². The molecule has 0 aromatic carbocycles. The summed E-state index contributed by atoms with van der Waals surface area (Å²) in [5.74, 6) is 0. The van der Waals surface area contributed by atoms with Gasteiger partial charge in [-0.05, 0) is 6.07 Å². The van der Waals surface area contributed by atoms with Crippen molar-refractivity contribution in [3.63, 3.8) is 0 Å². The summed E-state index contributed by atoms with van der Waals surface area (Å²) in [4.78, 5) is 4.08. The summed E-state index contributed by atoms with van der Waals surface area (Å²) in [6.07, 6.45) is 5.41. The SMILES string of the molecule is [2H]C([2H])([2H])[N+]1(C)CCC[C@H]1c1cccnc1.[I-]. The van der Waals surface area contributed by atoms with E-state index in [0.717, 1.165) is 24.9 Å². The van der Waals surface area contributed by atoms with Crippen molar-refractivity contribution in [3.05, 3.63) is 30.1 Å². The van der Waals surface area contributed by atoms with Crippen LogP contribution in [0.3, 0.4) is 0 Å². The molecule has 0 bridgehead atoms. The normalized spacial score (nSPS) is 35.2. The van der Waals surface area contributed by atoms with E-state index in [4.69, 9.17) is 4.11 Å². The van der Waals surface area contributed by atoms with Gasteiger partial charge in [-0.15, -0.1) is 0 Å². The molecular formula is C11H17IN2. The van der Waals surface area contributed by atoms with Crippen LogP contribution in [0.1, 0.15) is 28.6 Å². The van der Waals surface area contributed by atoms with Crippen molar-refractivity contribution in [2.24, 2.45) is 0 Å². The number of quaternary nitrogens is 1. The van der Waals surface area contributed by atoms with Crippen LogP contribution in [0.5, 0.6) is 0 Å². The van der Waals surface area contributed by atoms with Gasteiger partial charge < -0.3 is 28.5 Å². The van der Waals surface area contributed by atoms with Crippen molar-refractivity contribution in [3.8, 4) is 0 Å². The monoisotopic (exact) mass is 307 g/mol. The Morgan fingerprint density at radius 1 is 1.64 bits per heavy atom. The van der Waals surface area contributed by atoms with E-state index in [1.165, 1.54) is 0 Å². The average molecular weight is 307 g/mol. The molecule has 2 rings (SSSR count). The lowest BCUT2D eigenvalue weighted by Crippen LogP contribution is -3.00. The molecule has 0 radical (unpaired) electrons. The molecule has 1 unspecified atom stereocenters. The molecule has 2 nitrogen and oxygen atoms in total. The van der Waals surface area contributed by atoms with E-state index >= 15 is 0 Å². The first-order valence-corrected chi connectivity index (χ1v) is 4.70. The highest BCUT2D eigenvalue weighted by molar-refractivity contribution is 5.12. The third-order valence-electron chi connectivity index (χ3n) is 2.86. The van der Waals surface area contributed by atoms with Gasteiger partial charge in [0.1, 0.15) is 6.04 Å². The maximum absolute atomic E-state index is 7.69. The fraction of sp³-hybridized carbons (Fsp3) is 0.545. The maximum Gasteiger partial charge on any atom is 0.116 e. The van der Waals surface area contributed by atoms with Crippen LogP contribution in [0.2, 0.25) is 0 Å². The number of nitrogens with zero attached hydrogens (tertiary/aromatic N) is 2. The molecule has 1 aliphatic heterocycles. The highest BCUT2D eigenvalue weighted by atomic mass is 127. The Hall–Kier alpha value is -0.160. The summed E-state index contributed by atoms with van der Waals surface area (Å²) in [6, 6.07) is 3.91. The van der Waals surface area contributed by atoms with E-state index in [2.05, 4.69) is 4.98 Å². The van der Waals surface area contributed by atoms with Crippen molar-refractivity contribution in [1.29, 1.82) is 0 Å². The molecule has 1 aliphatic rings. The molecule has 0 amide bonds. The smallest absolute Gasteiger partial charge is 0.116 e. The maximum atomic E-state index is 7.69. The number of likely N-dealkylation sites (tertiary alicyclic amines) is 1. The van der Waals surface area contributed by atoms with Crippen LogP contribution in [0.15, 0.2) is 24.5 Å². The topological polar surface area (TPSA) is 12.9 Å². The van der Waals surface area contributed by atoms with Crippen molar-refractivity contribution in [2.75, 3.05) is 20.6 Å². The zero-order chi connectivity index (χ0) is 11.8. The molecular weight excluding hydrogens is 287 g/mol. The van der Waals surface area contributed by atoms with E-state index in [1.807, 2.05) is 19.2 Å². The Labute approximate surface area is 107 Å². The average Bonchev–Trinajstić information content (AvgIpc) is 2.62. The molecule has 2 atom stereocenters. The largest absolute Gasteiger partial charge is 1.00 e. The van der Waals surface area contributed by atoms with Crippen LogP contribution in [0.25, 0.3) is 0 Å². The second kappa shape index (κ2) is 4.57. The van der Waals surface area contributed by atoms with Crippen LogP contribution < -0.4 is 24.0 Å². The minimum absolute atomic E-state index is 0. The number of hydrogen-bond acceptors (Lipinski definition) is 1. The lowest BCUT2D eigenvalue weighted by atomic mass is 10.1. The Balaban J connectivity index is 0.00000144. The lowest BCUT2D eigenvalue weighted by molar-refractivity contribution is -0.908. The first-order valence-electron chi connectivity index (χ1n) is 6.20. The highest BCUT2D eigenvalue weighted by Crippen LogP contribution is 2.35. The molecule has 1 aromatic rings. The number of halogens is 1. The predicted molar refractivity (Wildman–Crippen MR) is 53.2 cm³/mol. The minimum atomic E-state index is -1.95. The van der Waals surface area contributed by atoms with Crippen molar-refractivity contribution in [1.82, 2.24) is 4.98 Å². The van der Waals surface area contributed by atoms with Gasteiger partial charge in [0, 0.05) is 30.8 Å². The summed E-state index contributed by atoms with van der Waals surface area (Å²) in [5, 5.41) is 0. The Bertz CT molecular complexity index is 369. The van der Waals surface area contributed by atoms with Crippen LogP contribution in [0, 0.1) is 0 Å². The molecule has 1 aromatic heterocycles. The fourth-order valence-corrected chi connectivity index (χ4v) is 2.12. The third-order valence-corrected chi connectivity index (χ3v) is 2.86. The van der Waals surface area contributed by atoms with Crippen LogP contribution in [-0.4, -0.2) is 30.0 Å². The molecule has 1 saturated heterocycles. The number of aromatic nitrogens is 1. The predicted octanol–water partition coefficient (Wildman–Crippen LogP) is -1.00. The highest BCUT2D eigenvalue weighted by Gasteiger charge is 2.34. The molecule has 14 heavy (non-hydrogen) atoms. The summed E-state index contributed by atoms with van der Waals surface area (Å²) in [6.45, 7) is -1.23. The Kier molecular flexibility index (Phi) is 2.63.